The topological polar surface area (TPSA) is 12.0 Å². The first-order valence-electron chi connectivity index (χ1n) is 3.82. The van der Waals surface area contributed by atoms with E-state index in [2.05, 4.69) is 5.32 Å². The third-order valence-electron chi connectivity index (χ3n) is 2.33. The van der Waals surface area contributed by atoms with Crippen molar-refractivity contribution in [3.8, 4) is 0 Å². The van der Waals surface area contributed by atoms with Crippen LogP contribution in [0.25, 0.3) is 0 Å². The molecule has 3 fully saturated rings. The molecule has 2 bridgehead atoms. The zero-order chi connectivity index (χ0) is 6.10. The lowest BCUT2D eigenvalue weighted by atomic mass is 10.2. The van der Waals surface area contributed by atoms with Crippen LogP contribution in [0.15, 0.2) is 0 Å². The molecule has 10 heavy (non-hydrogen) atoms. The molecule has 3 heteroatoms. The Kier molecular flexibility index (Phi) is 3.53. The molecule has 0 aromatic heterocycles. The summed E-state index contributed by atoms with van der Waals surface area (Å²) in [6.07, 6.45) is 2.92. The summed E-state index contributed by atoms with van der Waals surface area (Å²) in [6.45, 7) is 1.30. The van der Waals surface area contributed by atoms with Gasteiger partial charge in [-0.25, -0.2) is 0 Å². The van der Waals surface area contributed by atoms with Crippen molar-refractivity contribution in [2.75, 3.05) is 23.8 Å². The smallest absolute Gasteiger partial charge is 0.120 e. The summed E-state index contributed by atoms with van der Waals surface area (Å²) >= 11 is 0. The van der Waals surface area contributed by atoms with Gasteiger partial charge in [0.05, 0.1) is 0 Å². The van der Waals surface area contributed by atoms with E-state index in [4.69, 9.17) is 0 Å². The summed E-state index contributed by atoms with van der Waals surface area (Å²) in [4.78, 5) is 0. The third-order valence-corrected chi connectivity index (χ3v) is 4.74. The summed E-state index contributed by atoms with van der Waals surface area (Å²) < 4.78 is 0. The van der Waals surface area contributed by atoms with Crippen LogP contribution < -0.4 is 22.3 Å². The number of nitrogens with one attached hydrogen (secondary N) is 1. The van der Waals surface area contributed by atoms with E-state index in [9.17, 15) is 0 Å². The van der Waals surface area contributed by atoms with Gasteiger partial charge in [0.25, 0.3) is 0 Å². The zero-order valence-corrected chi connectivity index (χ0v) is 8.51. The van der Waals surface area contributed by atoms with Crippen molar-refractivity contribution in [3.63, 3.8) is 0 Å². The van der Waals surface area contributed by atoms with Gasteiger partial charge in [0.1, 0.15) is 17.3 Å². The second kappa shape index (κ2) is 3.98. The molecule has 0 atom stereocenters. The van der Waals surface area contributed by atoms with Gasteiger partial charge in [-0.3, -0.25) is 0 Å². The molecule has 3 aliphatic rings. The Balaban J connectivity index is 0.000000500. The van der Waals surface area contributed by atoms with Crippen LogP contribution in [0.3, 0.4) is 0 Å². The average molecular weight is 224 g/mol. The van der Waals surface area contributed by atoms with Crippen molar-refractivity contribution < 1.29 is 17.0 Å². The minimum atomic E-state index is 0. The van der Waals surface area contributed by atoms with E-state index in [-0.39, 0.29) is 17.0 Å². The Bertz CT molecular complexity index is 84.3. The molecule has 0 aromatic carbocycles. The molecular weight excluding hydrogens is 210 g/mol. The van der Waals surface area contributed by atoms with Crippen LogP contribution in [-0.2, 0) is 10.9 Å². The second-order valence-electron chi connectivity index (χ2n) is 2.95. The fourth-order valence-corrected chi connectivity index (χ4v) is 3.93. The monoisotopic (exact) mass is 223 g/mol. The van der Waals surface area contributed by atoms with Gasteiger partial charge in [0.2, 0.25) is 0 Å². The van der Waals surface area contributed by atoms with E-state index in [1.807, 2.05) is 0 Å². The molecule has 0 spiro atoms. The van der Waals surface area contributed by atoms with Gasteiger partial charge in [-0.05, 0) is 10.9 Å². The fraction of sp³-hybridized carbons (Fsp3) is 1.00. The van der Waals surface area contributed by atoms with Gasteiger partial charge in [-0.1, -0.05) is 0 Å². The van der Waals surface area contributed by atoms with Gasteiger partial charge >= 0.3 is 0 Å². The van der Waals surface area contributed by atoms with Gasteiger partial charge in [-0.2, -0.15) is 0 Å². The number of hydrogen-bond donors (Lipinski definition) is 1. The quantitative estimate of drug-likeness (QED) is 0.444. The van der Waals surface area contributed by atoms with Crippen molar-refractivity contribution in [2.45, 2.75) is 18.9 Å². The van der Waals surface area contributed by atoms with Crippen LogP contribution in [0.1, 0.15) is 12.8 Å². The molecule has 0 radical (unpaired) electrons. The lowest BCUT2D eigenvalue weighted by Crippen LogP contribution is -3.00. The predicted octanol–water partition coefficient (Wildman–Crippen LogP) is -2.63. The predicted molar refractivity (Wildman–Crippen MR) is 43.0 cm³/mol. The summed E-state index contributed by atoms with van der Waals surface area (Å²) in [7, 11) is 0.834. The standard InChI is InChI=1S/C7H14NS.BrH/c1-4-9-5-2-7(1)8-3-6-9;/h7-8H,1-6H2;1H/q+1;/p-1. The van der Waals surface area contributed by atoms with Crippen molar-refractivity contribution in [3.05, 3.63) is 0 Å². The fourth-order valence-electron chi connectivity index (χ4n) is 1.68. The van der Waals surface area contributed by atoms with E-state index >= 15 is 0 Å². The lowest BCUT2D eigenvalue weighted by Gasteiger charge is -2.16. The normalized spacial score (nSPS) is 38.4. The third kappa shape index (κ3) is 1.89. The first kappa shape index (κ1) is 8.88. The number of hydrogen-bond acceptors (Lipinski definition) is 1. The summed E-state index contributed by atoms with van der Waals surface area (Å²) in [5, 5.41) is 3.58. The number of fused-ring (bicyclic) bond motifs is 4. The Hall–Kier alpha value is 0.790. The summed E-state index contributed by atoms with van der Waals surface area (Å²) in [5.41, 5.74) is 0. The maximum atomic E-state index is 3.58. The van der Waals surface area contributed by atoms with Gasteiger partial charge in [0.15, 0.2) is 0 Å². The highest BCUT2D eigenvalue weighted by Crippen LogP contribution is 2.17. The zero-order valence-electron chi connectivity index (χ0n) is 6.11. The second-order valence-corrected chi connectivity index (χ2v) is 5.40. The van der Waals surface area contributed by atoms with E-state index in [1.165, 1.54) is 36.6 Å². The largest absolute Gasteiger partial charge is 1.00 e. The summed E-state index contributed by atoms with van der Waals surface area (Å²) in [6, 6.07) is 0.899. The molecule has 0 aliphatic carbocycles. The molecule has 3 rings (SSSR count). The van der Waals surface area contributed by atoms with E-state index in [0.717, 1.165) is 16.9 Å². The molecule has 3 saturated heterocycles. The SMILES string of the molecule is C1C[S+]2CCC(CC2)N1.[Br-]. The van der Waals surface area contributed by atoms with Crippen LogP contribution in [0.2, 0.25) is 0 Å². The molecule has 0 aromatic rings. The summed E-state index contributed by atoms with van der Waals surface area (Å²) in [5.74, 6) is 4.52. The molecule has 0 amide bonds. The first-order chi connectivity index (χ1) is 4.45. The molecule has 3 aliphatic heterocycles. The van der Waals surface area contributed by atoms with E-state index in [1.54, 1.807) is 0 Å². The minimum Gasteiger partial charge on any atom is -1.00 e. The maximum Gasteiger partial charge on any atom is 0.120 e. The minimum absolute atomic E-state index is 0. The first-order valence-corrected chi connectivity index (χ1v) is 5.56. The Morgan fingerprint density at radius 3 is 2.50 bits per heavy atom. The van der Waals surface area contributed by atoms with Crippen LogP contribution in [0, 0.1) is 0 Å². The molecule has 0 saturated carbocycles. The van der Waals surface area contributed by atoms with Gasteiger partial charge in [0, 0.05) is 25.4 Å². The van der Waals surface area contributed by atoms with Gasteiger partial charge in [-0.15, -0.1) is 0 Å². The van der Waals surface area contributed by atoms with Crippen molar-refractivity contribution in [1.29, 1.82) is 0 Å². The van der Waals surface area contributed by atoms with Crippen LogP contribution in [0.5, 0.6) is 0 Å². The number of rotatable bonds is 0. The van der Waals surface area contributed by atoms with Crippen LogP contribution in [0.4, 0.5) is 0 Å². The van der Waals surface area contributed by atoms with Crippen molar-refractivity contribution >= 4 is 10.9 Å². The molecule has 3 heterocycles. The highest BCUT2D eigenvalue weighted by Gasteiger charge is 2.30. The molecule has 1 nitrogen and oxygen atoms in total. The van der Waals surface area contributed by atoms with Crippen molar-refractivity contribution in [1.82, 2.24) is 5.32 Å². The number of halogens is 1. The van der Waals surface area contributed by atoms with Crippen LogP contribution in [-0.4, -0.2) is 29.8 Å². The molecular formula is C7H14BrNS. The molecule has 60 valence electrons. The van der Waals surface area contributed by atoms with Gasteiger partial charge < -0.3 is 22.3 Å². The van der Waals surface area contributed by atoms with E-state index in [0.29, 0.717) is 0 Å². The lowest BCUT2D eigenvalue weighted by molar-refractivity contribution is -0.00000195. The van der Waals surface area contributed by atoms with Crippen molar-refractivity contribution in [2.24, 2.45) is 0 Å². The Labute approximate surface area is 76.1 Å². The Morgan fingerprint density at radius 2 is 1.80 bits per heavy atom. The average Bonchev–Trinajstić information content (AvgIpc) is 2.21. The van der Waals surface area contributed by atoms with E-state index < -0.39 is 0 Å². The highest BCUT2D eigenvalue weighted by molar-refractivity contribution is 7.96. The molecule has 0 unspecified atom stereocenters. The molecule has 1 N–H and O–H groups in total. The highest BCUT2D eigenvalue weighted by atomic mass is 79.9. The van der Waals surface area contributed by atoms with Crippen LogP contribution >= 0.6 is 0 Å². The Morgan fingerprint density at radius 1 is 1.10 bits per heavy atom. The maximum absolute atomic E-state index is 3.58.